The Morgan fingerprint density at radius 1 is 0.870 bits per heavy atom. The van der Waals surface area contributed by atoms with Gasteiger partial charge in [-0.3, -0.25) is 4.79 Å². The van der Waals surface area contributed by atoms with E-state index in [4.69, 9.17) is 4.74 Å². The summed E-state index contributed by atoms with van der Waals surface area (Å²) in [7, 11) is 0. The van der Waals surface area contributed by atoms with E-state index in [0.29, 0.717) is 22.6 Å². The second-order valence-electron chi connectivity index (χ2n) is 4.75. The zero-order valence-electron chi connectivity index (χ0n) is 12.1. The molecule has 114 valence electrons. The topological polar surface area (TPSA) is 55.4 Å². The molecule has 0 aliphatic rings. The average molecular weight is 323 g/mol. The minimum absolute atomic E-state index is 0.186. The predicted molar refractivity (Wildman–Crippen MR) is 90.1 cm³/mol. The number of hydrogen-bond donors (Lipinski definition) is 1. The molecule has 0 bridgehead atoms. The van der Waals surface area contributed by atoms with E-state index in [1.165, 1.54) is 11.3 Å². The molecule has 1 heterocycles. The Kier molecular flexibility index (Phi) is 4.49. The number of hydrogen-bond acceptors (Lipinski definition) is 4. The Morgan fingerprint density at radius 3 is 2.26 bits per heavy atom. The molecule has 0 aliphatic heterocycles. The lowest BCUT2D eigenvalue weighted by atomic mass is 10.2. The van der Waals surface area contributed by atoms with Crippen LogP contribution >= 0.6 is 11.3 Å². The van der Waals surface area contributed by atoms with E-state index in [0.717, 1.165) is 0 Å². The van der Waals surface area contributed by atoms with Crippen molar-refractivity contribution in [3.05, 3.63) is 82.6 Å². The number of anilines is 1. The van der Waals surface area contributed by atoms with Crippen LogP contribution in [0.2, 0.25) is 0 Å². The summed E-state index contributed by atoms with van der Waals surface area (Å²) in [6.07, 6.45) is 0. The Labute approximate surface area is 137 Å². The third-order valence-corrected chi connectivity index (χ3v) is 3.80. The molecule has 0 unspecified atom stereocenters. The summed E-state index contributed by atoms with van der Waals surface area (Å²) in [5, 5.41) is 6.34. The van der Waals surface area contributed by atoms with Gasteiger partial charge in [-0.25, -0.2) is 4.79 Å². The van der Waals surface area contributed by atoms with Crippen molar-refractivity contribution in [3.8, 4) is 5.75 Å². The van der Waals surface area contributed by atoms with Gasteiger partial charge < -0.3 is 10.1 Å². The number of esters is 1. The van der Waals surface area contributed by atoms with Gasteiger partial charge in [0.05, 0.1) is 5.56 Å². The van der Waals surface area contributed by atoms with Gasteiger partial charge in [-0.2, -0.15) is 11.3 Å². The van der Waals surface area contributed by atoms with Crippen molar-refractivity contribution in [1.29, 1.82) is 0 Å². The van der Waals surface area contributed by atoms with Gasteiger partial charge in [0.2, 0.25) is 0 Å². The second kappa shape index (κ2) is 6.89. The van der Waals surface area contributed by atoms with Crippen molar-refractivity contribution in [2.75, 3.05) is 5.32 Å². The first-order chi connectivity index (χ1) is 11.2. The number of amides is 1. The molecular formula is C18H13NO3S. The Hall–Kier alpha value is -2.92. The van der Waals surface area contributed by atoms with Crippen LogP contribution in [0, 0.1) is 0 Å². The fourth-order valence-electron chi connectivity index (χ4n) is 1.95. The average Bonchev–Trinajstić information content (AvgIpc) is 3.12. The van der Waals surface area contributed by atoms with Crippen LogP contribution in [-0.4, -0.2) is 11.9 Å². The van der Waals surface area contributed by atoms with Crippen molar-refractivity contribution >= 4 is 28.9 Å². The molecule has 3 rings (SSSR count). The van der Waals surface area contributed by atoms with Gasteiger partial charge >= 0.3 is 5.97 Å². The highest BCUT2D eigenvalue weighted by molar-refractivity contribution is 7.08. The first-order valence-electron chi connectivity index (χ1n) is 6.93. The van der Waals surface area contributed by atoms with Gasteiger partial charge in [0.1, 0.15) is 5.75 Å². The Balaban J connectivity index is 1.63. The summed E-state index contributed by atoms with van der Waals surface area (Å²) in [6.45, 7) is 0. The van der Waals surface area contributed by atoms with Crippen LogP contribution in [0.1, 0.15) is 20.7 Å². The zero-order chi connectivity index (χ0) is 16.1. The van der Waals surface area contributed by atoms with Crippen molar-refractivity contribution in [3.63, 3.8) is 0 Å². The van der Waals surface area contributed by atoms with Gasteiger partial charge in [0, 0.05) is 16.6 Å². The van der Waals surface area contributed by atoms with E-state index in [1.807, 2.05) is 23.6 Å². The molecule has 1 amide bonds. The molecule has 0 saturated carbocycles. The number of nitrogens with one attached hydrogen (secondary N) is 1. The molecule has 3 aromatic rings. The minimum Gasteiger partial charge on any atom is -0.423 e. The van der Waals surface area contributed by atoms with E-state index < -0.39 is 5.97 Å². The van der Waals surface area contributed by atoms with Crippen molar-refractivity contribution in [2.24, 2.45) is 0 Å². The fourth-order valence-corrected chi connectivity index (χ4v) is 2.57. The number of rotatable bonds is 4. The summed E-state index contributed by atoms with van der Waals surface area (Å²) in [4.78, 5) is 23.9. The number of carbonyl (C=O) groups is 2. The molecule has 2 aromatic carbocycles. The molecule has 5 heteroatoms. The lowest BCUT2D eigenvalue weighted by molar-refractivity contribution is 0.0735. The monoisotopic (exact) mass is 323 g/mol. The normalized spacial score (nSPS) is 10.1. The summed E-state index contributed by atoms with van der Waals surface area (Å²) >= 11 is 1.44. The largest absolute Gasteiger partial charge is 0.423 e. The molecule has 0 saturated heterocycles. The van der Waals surface area contributed by atoms with Gasteiger partial charge in [-0.05, 0) is 47.8 Å². The minimum atomic E-state index is -0.396. The number of ether oxygens (including phenoxy) is 1. The van der Waals surface area contributed by atoms with Gasteiger partial charge in [0.15, 0.2) is 0 Å². The molecule has 0 atom stereocenters. The maximum atomic E-state index is 12.0. The number of carbonyl (C=O) groups excluding carboxylic acids is 2. The summed E-state index contributed by atoms with van der Waals surface area (Å²) < 4.78 is 5.26. The van der Waals surface area contributed by atoms with E-state index in [2.05, 4.69) is 5.32 Å². The standard InChI is InChI=1S/C18H13NO3S/c20-17(13-4-2-1-3-5-13)19-15-6-8-16(9-7-15)22-18(21)14-10-11-23-12-14/h1-12H,(H,19,20). The lowest BCUT2D eigenvalue weighted by Gasteiger charge is -2.07. The van der Waals surface area contributed by atoms with Crippen LogP contribution in [0.25, 0.3) is 0 Å². The van der Waals surface area contributed by atoms with E-state index in [1.54, 1.807) is 47.8 Å². The third kappa shape index (κ3) is 3.84. The first kappa shape index (κ1) is 15.0. The highest BCUT2D eigenvalue weighted by Gasteiger charge is 2.09. The van der Waals surface area contributed by atoms with Crippen molar-refractivity contribution in [1.82, 2.24) is 0 Å². The molecule has 0 spiro atoms. The summed E-state index contributed by atoms with van der Waals surface area (Å²) in [5.74, 6) is -0.153. The Bertz CT molecular complexity index is 796. The van der Waals surface area contributed by atoms with Gasteiger partial charge in [-0.15, -0.1) is 0 Å². The zero-order valence-corrected chi connectivity index (χ0v) is 12.9. The third-order valence-electron chi connectivity index (χ3n) is 3.12. The SMILES string of the molecule is O=C(Nc1ccc(OC(=O)c2ccsc2)cc1)c1ccccc1. The quantitative estimate of drug-likeness (QED) is 0.578. The molecule has 0 radical (unpaired) electrons. The van der Waals surface area contributed by atoms with Crippen LogP contribution in [0.5, 0.6) is 5.75 Å². The highest BCUT2D eigenvalue weighted by atomic mass is 32.1. The molecule has 23 heavy (non-hydrogen) atoms. The van der Waals surface area contributed by atoms with E-state index in [9.17, 15) is 9.59 Å². The molecule has 1 N–H and O–H groups in total. The summed E-state index contributed by atoms with van der Waals surface area (Å²) in [6, 6.07) is 17.3. The lowest BCUT2D eigenvalue weighted by Crippen LogP contribution is -2.11. The van der Waals surface area contributed by atoms with Crippen LogP contribution in [0.4, 0.5) is 5.69 Å². The maximum Gasteiger partial charge on any atom is 0.344 e. The molecule has 0 aliphatic carbocycles. The molecule has 4 nitrogen and oxygen atoms in total. The van der Waals surface area contributed by atoms with E-state index in [-0.39, 0.29) is 5.91 Å². The Morgan fingerprint density at radius 2 is 1.61 bits per heavy atom. The van der Waals surface area contributed by atoms with Gasteiger partial charge in [0.25, 0.3) is 5.91 Å². The second-order valence-corrected chi connectivity index (χ2v) is 5.53. The van der Waals surface area contributed by atoms with Crippen molar-refractivity contribution < 1.29 is 14.3 Å². The van der Waals surface area contributed by atoms with Crippen LogP contribution in [0.3, 0.4) is 0 Å². The predicted octanol–water partition coefficient (Wildman–Crippen LogP) is 4.22. The number of benzene rings is 2. The smallest absolute Gasteiger partial charge is 0.344 e. The van der Waals surface area contributed by atoms with Gasteiger partial charge in [-0.1, -0.05) is 18.2 Å². The first-order valence-corrected chi connectivity index (χ1v) is 7.87. The summed E-state index contributed by atoms with van der Waals surface area (Å²) in [5.41, 5.74) is 1.74. The molecule has 1 aromatic heterocycles. The highest BCUT2D eigenvalue weighted by Crippen LogP contribution is 2.18. The molecule has 0 fully saturated rings. The van der Waals surface area contributed by atoms with Crippen LogP contribution in [-0.2, 0) is 0 Å². The van der Waals surface area contributed by atoms with E-state index >= 15 is 0 Å². The van der Waals surface area contributed by atoms with Crippen LogP contribution < -0.4 is 10.1 Å². The molecular weight excluding hydrogens is 310 g/mol. The maximum absolute atomic E-state index is 12.0. The van der Waals surface area contributed by atoms with Crippen molar-refractivity contribution in [2.45, 2.75) is 0 Å². The van der Waals surface area contributed by atoms with Crippen LogP contribution in [0.15, 0.2) is 71.4 Å². The number of thiophene rings is 1. The fraction of sp³-hybridized carbons (Fsp3) is 0.